The minimum absolute atomic E-state index is 0.0288. The van der Waals surface area contributed by atoms with Crippen molar-refractivity contribution in [2.24, 2.45) is 5.41 Å². The lowest BCUT2D eigenvalue weighted by molar-refractivity contribution is 0.0659. The Morgan fingerprint density at radius 2 is 1.96 bits per heavy atom. The van der Waals surface area contributed by atoms with Gasteiger partial charge >= 0.3 is 6.01 Å². The Morgan fingerprint density at radius 3 is 2.70 bits per heavy atom. The maximum atomic E-state index is 16.9. The Labute approximate surface area is 276 Å². The second-order valence-electron chi connectivity index (χ2n) is 13.2. The van der Waals surface area contributed by atoms with Crippen molar-refractivity contribution in [1.29, 1.82) is 0 Å². The molecule has 4 fully saturated rings. The van der Waals surface area contributed by atoms with Crippen molar-refractivity contribution in [3.63, 3.8) is 0 Å². The van der Waals surface area contributed by atoms with Gasteiger partial charge in [-0.2, -0.15) is 21.7 Å². The van der Waals surface area contributed by atoms with Crippen LogP contribution in [-0.2, 0) is 4.74 Å². The molecule has 8 rings (SSSR count). The molecule has 2 bridgehead atoms. The van der Waals surface area contributed by atoms with E-state index in [9.17, 15) is 9.50 Å². The number of aromatic nitrogens is 3. The zero-order valence-corrected chi connectivity index (χ0v) is 26.8. The van der Waals surface area contributed by atoms with Crippen molar-refractivity contribution in [2.75, 3.05) is 69.0 Å². The number of nitrogens with zero attached hydrogens (tertiary/aromatic N) is 5. The van der Waals surface area contributed by atoms with Crippen molar-refractivity contribution >= 4 is 39.3 Å². The Morgan fingerprint density at radius 1 is 1.15 bits per heavy atom. The van der Waals surface area contributed by atoms with Crippen molar-refractivity contribution in [2.45, 2.75) is 31.3 Å². The summed E-state index contributed by atoms with van der Waals surface area (Å²) in [5.41, 5.74) is -0.122. The molecule has 3 atom stereocenters. The number of thioether (sulfide) groups is 1. The van der Waals surface area contributed by atoms with Crippen LogP contribution in [0.15, 0.2) is 30.5 Å². The molecule has 0 radical (unpaired) electrons. The highest BCUT2D eigenvalue weighted by atomic mass is 32.2. The highest BCUT2D eigenvalue weighted by Gasteiger charge is 2.39. The normalized spacial score (nSPS) is 24.7. The van der Waals surface area contributed by atoms with Gasteiger partial charge in [0.25, 0.3) is 0 Å². The number of fused-ring (bicyclic) bond motifs is 4. The van der Waals surface area contributed by atoms with Crippen LogP contribution in [0.4, 0.5) is 14.6 Å². The van der Waals surface area contributed by atoms with Gasteiger partial charge in [-0.25, -0.2) is 8.78 Å². The number of aromatic hydroxyl groups is 1. The molecule has 244 valence electrons. The van der Waals surface area contributed by atoms with Crippen molar-refractivity contribution in [3.05, 3.63) is 47.7 Å². The number of terminal acetylenes is 1. The number of pyridine rings is 1. The van der Waals surface area contributed by atoms with E-state index in [1.807, 2.05) is 11.8 Å². The molecule has 0 aliphatic carbocycles. The standard InChI is InChI=1S/C35H36F2N6O3S/c1-2-25-28(36)6-3-21-13-24(44)14-26(29(21)25)31-30(37)32-27(15-38-31)33(43-16-22-4-5-23(17-43)39-22)41-34(40-32)46-20-35(7-10-45-19-35)18-42-8-11-47-12-9-42/h1,3,6,13-15,22-23,39,44H,4-5,7-12,16-20H2/t22-,23+,35?. The van der Waals surface area contributed by atoms with Crippen LogP contribution in [0.25, 0.3) is 32.9 Å². The van der Waals surface area contributed by atoms with E-state index in [0.717, 1.165) is 63.5 Å². The van der Waals surface area contributed by atoms with E-state index in [2.05, 4.69) is 31.0 Å². The summed E-state index contributed by atoms with van der Waals surface area (Å²) in [5.74, 6) is 3.73. The van der Waals surface area contributed by atoms with Gasteiger partial charge in [0, 0.05) is 85.5 Å². The predicted molar refractivity (Wildman–Crippen MR) is 179 cm³/mol. The van der Waals surface area contributed by atoms with Crippen LogP contribution in [0.5, 0.6) is 11.8 Å². The molecule has 0 amide bonds. The van der Waals surface area contributed by atoms with Crippen molar-refractivity contribution < 1.29 is 23.4 Å². The van der Waals surface area contributed by atoms with Crippen LogP contribution in [0, 0.1) is 29.4 Å². The summed E-state index contributed by atoms with van der Waals surface area (Å²) in [7, 11) is 0. The Hall–Kier alpha value is -3.76. The average Bonchev–Trinajstić information content (AvgIpc) is 3.69. The summed E-state index contributed by atoms with van der Waals surface area (Å²) in [4.78, 5) is 18.7. The molecule has 9 nitrogen and oxygen atoms in total. The number of ether oxygens (including phenoxy) is 2. The van der Waals surface area contributed by atoms with Crippen molar-refractivity contribution in [1.82, 2.24) is 25.2 Å². The Kier molecular flexibility index (Phi) is 8.04. The molecule has 12 heteroatoms. The molecule has 47 heavy (non-hydrogen) atoms. The summed E-state index contributed by atoms with van der Waals surface area (Å²) < 4.78 is 44.0. The van der Waals surface area contributed by atoms with E-state index in [0.29, 0.717) is 53.9 Å². The zero-order valence-electron chi connectivity index (χ0n) is 26.0. The second kappa shape index (κ2) is 12.4. The fraction of sp³-hybridized carbons (Fsp3) is 0.457. The number of hydrogen-bond donors (Lipinski definition) is 2. The van der Waals surface area contributed by atoms with E-state index in [1.165, 1.54) is 24.3 Å². The van der Waals surface area contributed by atoms with Crippen molar-refractivity contribution in [3.8, 4) is 35.4 Å². The molecular weight excluding hydrogens is 622 g/mol. The van der Waals surface area contributed by atoms with Gasteiger partial charge in [-0.3, -0.25) is 4.98 Å². The fourth-order valence-electron chi connectivity index (χ4n) is 7.62. The number of phenols is 1. The number of benzene rings is 2. The first-order chi connectivity index (χ1) is 22.9. The van der Waals surface area contributed by atoms with Crippen LogP contribution in [-0.4, -0.2) is 101 Å². The number of piperazine rings is 1. The minimum Gasteiger partial charge on any atom is -0.508 e. The summed E-state index contributed by atoms with van der Waals surface area (Å²) in [6.07, 6.45) is 10.3. The maximum Gasteiger partial charge on any atom is 0.319 e. The molecule has 2 aromatic carbocycles. The highest BCUT2D eigenvalue weighted by molar-refractivity contribution is 7.99. The SMILES string of the molecule is C#Cc1c(F)ccc2cc(O)cc(-c3ncc4c(N5C[C@H]6CC[C@@H](C5)N6)nc(OCC5(CN6CCSCC6)CCOC5)nc4c3F)c12. The first kappa shape index (κ1) is 30.6. The third kappa shape index (κ3) is 5.73. The molecule has 4 aliphatic rings. The smallest absolute Gasteiger partial charge is 0.319 e. The average molecular weight is 659 g/mol. The minimum atomic E-state index is -0.724. The monoisotopic (exact) mass is 658 g/mol. The predicted octanol–water partition coefficient (Wildman–Crippen LogP) is 4.59. The number of phenolic OH excluding ortho intramolecular Hbond substituents is 1. The van der Waals surface area contributed by atoms with E-state index in [1.54, 1.807) is 6.20 Å². The van der Waals surface area contributed by atoms with E-state index < -0.39 is 11.6 Å². The molecule has 4 saturated heterocycles. The summed E-state index contributed by atoms with van der Waals surface area (Å²) in [5, 5.41) is 15.4. The highest BCUT2D eigenvalue weighted by Crippen LogP contribution is 2.40. The molecule has 4 aromatic rings. The Balaban J connectivity index is 1.23. The molecular formula is C35H36F2N6O3S. The zero-order chi connectivity index (χ0) is 32.1. The van der Waals surface area contributed by atoms with Gasteiger partial charge in [-0.1, -0.05) is 12.0 Å². The summed E-state index contributed by atoms with van der Waals surface area (Å²) >= 11 is 1.98. The fourth-order valence-corrected chi connectivity index (χ4v) is 8.60. The first-order valence-corrected chi connectivity index (χ1v) is 17.4. The molecule has 0 spiro atoms. The molecule has 2 N–H and O–H groups in total. The third-order valence-electron chi connectivity index (χ3n) is 9.97. The molecule has 4 aliphatic heterocycles. The number of rotatable bonds is 7. The maximum absolute atomic E-state index is 16.9. The first-order valence-electron chi connectivity index (χ1n) is 16.2. The van der Waals surface area contributed by atoms with E-state index >= 15 is 4.39 Å². The van der Waals surface area contributed by atoms with Gasteiger partial charge in [0.05, 0.1) is 17.6 Å². The van der Waals surface area contributed by atoms with Crippen LogP contribution >= 0.6 is 11.8 Å². The number of anilines is 1. The lowest BCUT2D eigenvalue weighted by atomic mass is 9.87. The topological polar surface area (TPSA) is 95.9 Å². The molecule has 6 heterocycles. The van der Waals surface area contributed by atoms with Crippen LogP contribution in [0.1, 0.15) is 24.8 Å². The largest absolute Gasteiger partial charge is 0.508 e. The van der Waals surface area contributed by atoms with Gasteiger partial charge in [0.1, 0.15) is 35.2 Å². The quantitative estimate of drug-likeness (QED) is 0.275. The van der Waals surface area contributed by atoms with Gasteiger partial charge in [-0.15, -0.1) is 6.42 Å². The van der Waals surface area contributed by atoms with Crippen LogP contribution < -0.4 is 15.0 Å². The third-order valence-corrected chi connectivity index (χ3v) is 10.9. The van der Waals surface area contributed by atoms with Gasteiger partial charge in [0.2, 0.25) is 0 Å². The number of hydrogen-bond acceptors (Lipinski definition) is 10. The van der Waals surface area contributed by atoms with E-state index in [4.69, 9.17) is 20.9 Å². The lowest BCUT2D eigenvalue weighted by Crippen LogP contribution is -2.51. The summed E-state index contributed by atoms with van der Waals surface area (Å²) in [6, 6.07) is 6.29. The Bertz CT molecular complexity index is 1880. The number of halogens is 2. The molecule has 2 aromatic heterocycles. The van der Waals surface area contributed by atoms with Crippen LogP contribution in [0.3, 0.4) is 0 Å². The molecule has 1 unspecified atom stereocenters. The molecule has 0 saturated carbocycles. The van der Waals surface area contributed by atoms with Gasteiger partial charge in [0.15, 0.2) is 5.82 Å². The van der Waals surface area contributed by atoms with E-state index in [-0.39, 0.29) is 39.5 Å². The lowest BCUT2D eigenvalue weighted by Gasteiger charge is -2.36. The number of nitrogens with one attached hydrogen (secondary N) is 1. The second-order valence-corrected chi connectivity index (χ2v) is 14.4. The van der Waals surface area contributed by atoms with Gasteiger partial charge < -0.3 is 29.7 Å². The van der Waals surface area contributed by atoms with Crippen LogP contribution in [0.2, 0.25) is 0 Å². The summed E-state index contributed by atoms with van der Waals surface area (Å²) in [6.45, 7) is 5.96. The van der Waals surface area contributed by atoms with Gasteiger partial charge in [-0.05, 0) is 42.8 Å².